The summed E-state index contributed by atoms with van der Waals surface area (Å²) in [5.41, 5.74) is 2.79. The zero-order chi connectivity index (χ0) is 9.26. The zero-order valence-corrected chi connectivity index (χ0v) is 8.03. The van der Waals surface area contributed by atoms with E-state index in [-0.39, 0.29) is 0 Å². The van der Waals surface area contributed by atoms with Crippen LogP contribution in [0.2, 0.25) is 0 Å². The Hall–Kier alpha value is -0.820. The van der Waals surface area contributed by atoms with Gasteiger partial charge in [0.15, 0.2) is 0 Å². The average Bonchev–Trinajstić information content (AvgIpc) is 2.97. The van der Waals surface area contributed by atoms with E-state index >= 15 is 0 Å². The molecule has 0 bridgehead atoms. The van der Waals surface area contributed by atoms with E-state index in [1.54, 1.807) is 0 Å². The molecule has 1 saturated carbocycles. The molecule has 1 aliphatic rings. The lowest BCUT2D eigenvalue weighted by Crippen LogP contribution is -1.89. The maximum Gasteiger partial charge on any atom is 0.0465 e. The number of rotatable bonds is 3. The fraction of sp³-hybridized carbons (Fsp3) is 0.500. The van der Waals surface area contributed by atoms with Crippen molar-refractivity contribution in [2.75, 3.05) is 6.61 Å². The minimum atomic E-state index is 0.347. The molecule has 1 nitrogen and oxygen atoms in total. The van der Waals surface area contributed by atoms with Gasteiger partial charge in [-0.3, -0.25) is 0 Å². The predicted molar refractivity (Wildman–Crippen MR) is 53.8 cm³/mol. The molecule has 1 aliphatic carbocycles. The molecule has 1 heteroatoms. The fourth-order valence-corrected chi connectivity index (χ4v) is 1.86. The summed E-state index contributed by atoms with van der Waals surface area (Å²) < 4.78 is 0. The molecule has 13 heavy (non-hydrogen) atoms. The third-order valence-electron chi connectivity index (χ3n) is 2.97. The Morgan fingerprint density at radius 3 is 2.46 bits per heavy atom. The maximum atomic E-state index is 8.94. The second-order valence-corrected chi connectivity index (χ2v) is 3.88. The number of hydrogen-bond donors (Lipinski definition) is 1. The van der Waals surface area contributed by atoms with Crippen molar-refractivity contribution >= 4 is 0 Å². The Morgan fingerprint density at radius 1 is 1.31 bits per heavy atom. The normalized spacial score (nSPS) is 26.0. The largest absolute Gasteiger partial charge is 0.396 e. The molecule has 2 rings (SSSR count). The fourth-order valence-electron chi connectivity index (χ4n) is 1.86. The molecule has 1 aromatic rings. The highest BCUT2D eigenvalue weighted by Crippen LogP contribution is 2.46. The summed E-state index contributed by atoms with van der Waals surface area (Å²) in [6.07, 6.45) is 2.27. The van der Waals surface area contributed by atoms with Gasteiger partial charge in [-0.15, -0.1) is 0 Å². The van der Waals surface area contributed by atoms with E-state index in [0.29, 0.717) is 18.4 Å². The standard InChI is InChI=1S/C12H16O/c1-2-9-3-5-10(6-4-9)12-7-11(12)8-13/h3-6,11-13H,2,7-8H2,1H3/t11-,12-/m1/s1. The smallest absolute Gasteiger partial charge is 0.0465 e. The SMILES string of the molecule is CCc1ccc([C@H]2C[C@@H]2CO)cc1. The average molecular weight is 176 g/mol. The first kappa shape index (κ1) is 8.76. The summed E-state index contributed by atoms with van der Waals surface area (Å²) >= 11 is 0. The third kappa shape index (κ3) is 1.75. The molecule has 0 amide bonds. The van der Waals surface area contributed by atoms with Crippen LogP contribution >= 0.6 is 0 Å². The van der Waals surface area contributed by atoms with Crippen LogP contribution in [0.5, 0.6) is 0 Å². The maximum absolute atomic E-state index is 8.94. The van der Waals surface area contributed by atoms with Crippen molar-refractivity contribution in [3.63, 3.8) is 0 Å². The van der Waals surface area contributed by atoms with E-state index in [1.807, 2.05) is 0 Å². The Morgan fingerprint density at radius 2 is 2.00 bits per heavy atom. The lowest BCUT2D eigenvalue weighted by atomic mass is 10.1. The van der Waals surface area contributed by atoms with Crippen LogP contribution in [0, 0.1) is 5.92 Å². The Kier molecular flexibility index (Phi) is 2.36. The van der Waals surface area contributed by atoms with Gasteiger partial charge in [-0.1, -0.05) is 31.2 Å². The summed E-state index contributed by atoms with van der Waals surface area (Å²) in [6.45, 7) is 2.52. The molecule has 70 valence electrons. The van der Waals surface area contributed by atoms with Crippen LogP contribution in [0.25, 0.3) is 0 Å². The van der Waals surface area contributed by atoms with E-state index in [1.165, 1.54) is 17.5 Å². The molecule has 0 aliphatic heterocycles. The van der Waals surface area contributed by atoms with Gasteiger partial charge in [0.05, 0.1) is 0 Å². The predicted octanol–water partition coefficient (Wildman–Crippen LogP) is 2.34. The summed E-state index contributed by atoms with van der Waals surface area (Å²) in [4.78, 5) is 0. The minimum Gasteiger partial charge on any atom is -0.396 e. The van der Waals surface area contributed by atoms with Gasteiger partial charge in [-0.2, -0.15) is 0 Å². The van der Waals surface area contributed by atoms with Crippen molar-refractivity contribution < 1.29 is 5.11 Å². The van der Waals surface area contributed by atoms with Gasteiger partial charge in [0.1, 0.15) is 0 Å². The van der Waals surface area contributed by atoms with Crippen LogP contribution in [0.1, 0.15) is 30.4 Å². The third-order valence-corrected chi connectivity index (χ3v) is 2.97. The van der Waals surface area contributed by atoms with E-state index in [2.05, 4.69) is 31.2 Å². The molecule has 0 saturated heterocycles. The van der Waals surface area contributed by atoms with Gasteiger partial charge < -0.3 is 5.11 Å². The van der Waals surface area contributed by atoms with Gasteiger partial charge >= 0.3 is 0 Å². The van der Waals surface area contributed by atoms with E-state index in [9.17, 15) is 0 Å². The quantitative estimate of drug-likeness (QED) is 0.749. The summed E-state index contributed by atoms with van der Waals surface area (Å²) in [6, 6.07) is 8.81. The number of aryl methyl sites for hydroxylation is 1. The van der Waals surface area contributed by atoms with Crippen molar-refractivity contribution in [3.8, 4) is 0 Å². The summed E-state index contributed by atoms with van der Waals surface area (Å²) in [5, 5.41) is 8.94. The highest BCUT2D eigenvalue weighted by atomic mass is 16.3. The van der Waals surface area contributed by atoms with Crippen molar-refractivity contribution in [3.05, 3.63) is 35.4 Å². The first-order valence-electron chi connectivity index (χ1n) is 5.05. The molecule has 2 atom stereocenters. The molecule has 0 radical (unpaired) electrons. The van der Waals surface area contributed by atoms with Crippen LogP contribution in [0.4, 0.5) is 0 Å². The van der Waals surface area contributed by atoms with Crippen LogP contribution in [0.15, 0.2) is 24.3 Å². The Bertz CT molecular complexity index is 276. The molecule has 0 unspecified atom stereocenters. The number of aliphatic hydroxyl groups excluding tert-OH is 1. The van der Waals surface area contributed by atoms with Crippen LogP contribution < -0.4 is 0 Å². The number of benzene rings is 1. The zero-order valence-electron chi connectivity index (χ0n) is 8.03. The van der Waals surface area contributed by atoms with Crippen LogP contribution in [-0.4, -0.2) is 11.7 Å². The van der Waals surface area contributed by atoms with Gasteiger partial charge in [-0.05, 0) is 35.8 Å². The van der Waals surface area contributed by atoms with Crippen LogP contribution in [-0.2, 0) is 6.42 Å². The lowest BCUT2D eigenvalue weighted by molar-refractivity contribution is 0.274. The molecule has 1 N–H and O–H groups in total. The first-order valence-corrected chi connectivity index (χ1v) is 5.05. The number of hydrogen-bond acceptors (Lipinski definition) is 1. The van der Waals surface area contributed by atoms with E-state index in [0.717, 1.165) is 6.42 Å². The van der Waals surface area contributed by atoms with Crippen molar-refractivity contribution in [2.24, 2.45) is 5.92 Å². The molecular formula is C12H16O. The van der Waals surface area contributed by atoms with Gasteiger partial charge in [0.25, 0.3) is 0 Å². The first-order chi connectivity index (χ1) is 6.35. The second kappa shape index (κ2) is 3.51. The van der Waals surface area contributed by atoms with E-state index in [4.69, 9.17) is 5.11 Å². The van der Waals surface area contributed by atoms with Gasteiger partial charge in [0, 0.05) is 6.61 Å². The number of aliphatic hydroxyl groups is 1. The Labute approximate surface area is 79.4 Å². The van der Waals surface area contributed by atoms with Crippen molar-refractivity contribution in [1.82, 2.24) is 0 Å². The molecule has 0 aromatic heterocycles. The molecule has 1 fully saturated rings. The van der Waals surface area contributed by atoms with Crippen LogP contribution in [0.3, 0.4) is 0 Å². The molecular weight excluding hydrogens is 160 g/mol. The van der Waals surface area contributed by atoms with Crippen molar-refractivity contribution in [2.45, 2.75) is 25.7 Å². The highest BCUT2D eigenvalue weighted by molar-refractivity contribution is 5.29. The highest BCUT2D eigenvalue weighted by Gasteiger charge is 2.37. The second-order valence-electron chi connectivity index (χ2n) is 3.88. The molecule has 1 aromatic carbocycles. The van der Waals surface area contributed by atoms with Gasteiger partial charge in [-0.25, -0.2) is 0 Å². The van der Waals surface area contributed by atoms with Gasteiger partial charge in [0.2, 0.25) is 0 Å². The summed E-state index contributed by atoms with van der Waals surface area (Å²) in [7, 11) is 0. The van der Waals surface area contributed by atoms with Crippen molar-refractivity contribution in [1.29, 1.82) is 0 Å². The minimum absolute atomic E-state index is 0.347. The lowest BCUT2D eigenvalue weighted by Gasteiger charge is -2.00. The summed E-state index contributed by atoms with van der Waals surface area (Å²) in [5.74, 6) is 1.17. The molecule has 0 spiro atoms. The Balaban J connectivity index is 2.07. The molecule has 0 heterocycles. The van der Waals surface area contributed by atoms with E-state index < -0.39 is 0 Å². The topological polar surface area (TPSA) is 20.2 Å². The monoisotopic (exact) mass is 176 g/mol.